The van der Waals surface area contributed by atoms with Gasteiger partial charge in [0.25, 0.3) is 0 Å². The number of hydrogen-bond acceptors (Lipinski definition) is 12. The van der Waals surface area contributed by atoms with Crippen molar-refractivity contribution in [2.75, 3.05) is 56.9 Å². The molecule has 1 saturated heterocycles. The highest BCUT2D eigenvalue weighted by Crippen LogP contribution is 2.36. The largest absolute Gasteiger partial charge is 0.495 e. The number of carbonyl (C=O) groups is 1. The van der Waals surface area contributed by atoms with Crippen LogP contribution in [-0.4, -0.2) is 78.4 Å². The van der Waals surface area contributed by atoms with Crippen molar-refractivity contribution >= 4 is 56.5 Å². The molecule has 0 bridgehead atoms. The first-order valence-corrected chi connectivity index (χ1v) is 14.7. The summed E-state index contributed by atoms with van der Waals surface area (Å²) in [4.78, 5) is 31.8. The van der Waals surface area contributed by atoms with Gasteiger partial charge in [-0.1, -0.05) is 6.07 Å². The van der Waals surface area contributed by atoms with Crippen LogP contribution in [0.4, 0.5) is 29.0 Å². The van der Waals surface area contributed by atoms with E-state index in [-0.39, 0.29) is 0 Å². The van der Waals surface area contributed by atoms with Crippen LogP contribution in [-0.2, 0) is 10.3 Å². The summed E-state index contributed by atoms with van der Waals surface area (Å²) in [5.74, 6) is 1.47. The smallest absolute Gasteiger partial charge is 0.339 e. The Morgan fingerprint density at radius 1 is 1.10 bits per heavy atom. The SMILES string of the molecule is COC(=O)c1csc2nc(Nc3ccc(N4CCC(N(C)C)CC4)c(OC)c3)nc(Nc3cccc(C(C)(C)O)n3)c12. The fourth-order valence-electron chi connectivity index (χ4n) is 5.08. The lowest BCUT2D eigenvalue weighted by Crippen LogP contribution is -2.42. The van der Waals surface area contributed by atoms with Crippen LogP contribution in [0.5, 0.6) is 5.75 Å². The van der Waals surface area contributed by atoms with Gasteiger partial charge in [0.05, 0.1) is 36.6 Å². The van der Waals surface area contributed by atoms with Gasteiger partial charge in [0.2, 0.25) is 5.95 Å². The van der Waals surface area contributed by atoms with Crippen molar-refractivity contribution in [3.05, 3.63) is 53.0 Å². The maximum atomic E-state index is 12.6. The summed E-state index contributed by atoms with van der Waals surface area (Å²) in [5, 5.41) is 19.2. The van der Waals surface area contributed by atoms with Crippen LogP contribution in [0.15, 0.2) is 41.8 Å². The van der Waals surface area contributed by atoms with Crippen molar-refractivity contribution in [2.24, 2.45) is 0 Å². The van der Waals surface area contributed by atoms with Gasteiger partial charge in [0, 0.05) is 36.3 Å². The van der Waals surface area contributed by atoms with Gasteiger partial charge in [0.15, 0.2) is 0 Å². The lowest BCUT2D eigenvalue weighted by Gasteiger charge is -2.37. The number of anilines is 5. The second kappa shape index (κ2) is 12.1. The number of esters is 1. The molecule has 0 aliphatic carbocycles. The number of hydrogen-bond donors (Lipinski definition) is 3. The molecular formula is C30H37N7O4S. The molecule has 0 radical (unpaired) electrons. The molecular weight excluding hydrogens is 554 g/mol. The predicted octanol–water partition coefficient (Wildman–Crippen LogP) is 5.13. The molecule has 1 aromatic carbocycles. The molecule has 4 heterocycles. The highest BCUT2D eigenvalue weighted by atomic mass is 32.1. The number of piperidine rings is 1. The summed E-state index contributed by atoms with van der Waals surface area (Å²) in [7, 11) is 7.29. The van der Waals surface area contributed by atoms with Gasteiger partial charge in [-0.2, -0.15) is 4.98 Å². The summed E-state index contributed by atoms with van der Waals surface area (Å²) in [6.07, 6.45) is 2.20. The van der Waals surface area contributed by atoms with E-state index in [4.69, 9.17) is 19.4 Å². The van der Waals surface area contributed by atoms with E-state index in [9.17, 15) is 9.90 Å². The van der Waals surface area contributed by atoms with Crippen molar-refractivity contribution < 1.29 is 19.4 Å². The maximum Gasteiger partial charge on any atom is 0.339 e. The van der Waals surface area contributed by atoms with E-state index in [2.05, 4.69) is 45.6 Å². The first-order chi connectivity index (χ1) is 20.1. The molecule has 1 fully saturated rings. The Balaban J connectivity index is 1.46. The van der Waals surface area contributed by atoms with Crippen LogP contribution < -0.4 is 20.3 Å². The predicted molar refractivity (Wildman–Crippen MR) is 167 cm³/mol. The Bertz CT molecular complexity index is 1580. The van der Waals surface area contributed by atoms with Crippen LogP contribution in [0.1, 0.15) is 42.7 Å². The zero-order valence-electron chi connectivity index (χ0n) is 24.8. The summed E-state index contributed by atoms with van der Waals surface area (Å²) in [6, 6.07) is 11.9. The number of rotatable bonds is 9. The van der Waals surface area contributed by atoms with Crippen molar-refractivity contribution in [3.63, 3.8) is 0 Å². The summed E-state index contributed by atoms with van der Waals surface area (Å²) in [5.41, 5.74) is 1.54. The van der Waals surface area contributed by atoms with Crippen LogP contribution >= 0.6 is 11.3 Å². The van der Waals surface area contributed by atoms with Gasteiger partial charge >= 0.3 is 5.97 Å². The normalized spacial score (nSPS) is 14.3. The topological polar surface area (TPSA) is 125 Å². The number of aliphatic hydroxyl groups is 1. The number of nitrogens with one attached hydrogen (secondary N) is 2. The van der Waals surface area contributed by atoms with Crippen molar-refractivity contribution in [1.29, 1.82) is 0 Å². The average molecular weight is 592 g/mol. The molecule has 0 spiro atoms. The second-order valence-corrected chi connectivity index (χ2v) is 11.9. The van der Waals surface area contributed by atoms with E-state index >= 15 is 0 Å². The summed E-state index contributed by atoms with van der Waals surface area (Å²) in [6.45, 7) is 5.27. The molecule has 4 aromatic rings. The van der Waals surface area contributed by atoms with E-state index < -0.39 is 11.6 Å². The minimum atomic E-state index is -1.13. The van der Waals surface area contributed by atoms with Crippen LogP contribution in [0, 0.1) is 0 Å². The zero-order chi connectivity index (χ0) is 30.0. The van der Waals surface area contributed by atoms with Gasteiger partial charge in [-0.3, -0.25) is 0 Å². The number of aromatic nitrogens is 3. The van der Waals surface area contributed by atoms with Crippen LogP contribution in [0.3, 0.4) is 0 Å². The Kier molecular flexibility index (Phi) is 8.48. The number of benzene rings is 1. The number of ether oxygens (including phenoxy) is 2. The van der Waals surface area contributed by atoms with Crippen LogP contribution in [0.25, 0.3) is 10.2 Å². The quantitative estimate of drug-likeness (QED) is 0.224. The molecule has 5 rings (SSSR count). The van der Waals surface area contributed by atoms with E-state index in [0.29, 0.717) is 45.1 Å². The molecule has 0 amide bonds. The molecule has 0 unspecified atom stereocenters. The molecule has 1 aliphatic heterocycles. The van der Waals surface area contributed by atoms with Crippen molar-refractivity contribution in [1.82, 2.24) is 19.9 Å². The zero-order valence-corrected chi connectivity index (χ0v) is 25.6. The van der Waals surface area contributed by atoms with E-state index in [1.54, 1.807) is 44.5 Å². The lowest BCUT2D eigenvalue weighted by molar-refractivity contribution is 0.0603. The second-order valence-electron chi connectivity index (χ2n) is 11.0. The molecule has 11 nitrogen and oxygen atoms in total. The molecule has 1 aliphatic rings. The highest BCUT2D eigenvalue weighted by Gasteiger charge is 2.24. The van der Waals surface area contributed by atoms with Gasteiger partial charge in [0.1, 0.15) is 27.8 Å². The Morgan fingerprint density at radius 3 is 2.52 bits per heavy atom. The van der Waals surface area contributed by atoms with Crippen LogP contribution in [0.2, 0.25) is 0 Å². The molecule has 0 saturated carbocycles. The fraction of sp³-hybridized carbons (Fsp3) is 0.400. The Morgan fingerprint density at radius 2 is 1.86 bits per heavy atom. The summed E-state index contributed by atoms with van der Waals surface area (Å²) >= 11 is 1.32. The third-order valence-electron chi connectivity index (χ3n) is 7.43. The van der Waals surface area contributed by atoms with Gasteiger partial charge < -0.3 is 35.0 Å². The third-order valence-corrected chi connectivity index (χ3v) is 8.30. The van der Waals surface area contributed by atoms with Crippen molar-refractivity contribution in [3.8, 4) is 5.75 Å². The number of pyridine rings is 1. The minimum Gasteiger partial charge on any atom is -0.495 e. The van der Waals surface area contributed by atoms with E-state index in [1.165, 1.54) is 18.4 Å². The minimum absolute atomic E-state index is 0.337. The number of methoxy groups -OCH3 is 2. The van der Waals surface area contributed by atoms with E-state index in [0.717, 1.165) is 43.1 Å². The highest BCUT2D eigenvalue weighted by molar-refractivity contribution is 7.17. The van der Waals surface area contributed by atoms with Gasteiger partial charge in [-0.25, -0.2) is 14.8 Å². The monoisotopic (exact) mass is 591 g/mol. The average Bonchev–Trinajstić information content (AvgIpc) is 3.41. The molecule has 222 valence electrons. The number of nitrogens with zero attached hydrogens (tertiary/aromatic N) is 5. The van der Waals surface area contributed by atoms with Gasteiger partial charge in [-0.05, 0) is 65.0 Å². The first-order valence-electron chi connectivity index (χ1n) is 13.8. The first kappa shape index (κ1) is 29.5. The Hall–Kier alpha value is -4.00. The molecule has 0 atom stereocenters. The maximum absolute atomic E-state index is 12.6. The van der Waals surface area contributed by atoms with E-state index in [1.807, 2.05) is 12.1 Å². The van der Waals surface area contributed by atoms with Gasteiger partial charge in [-0.15, -0.1) is 11.3 Å². The van der Waals surface area contributed by atoms with Crippen molar-refractivity contribution in [2.45, 2.75) is 38.3 Å². The third kappa shape index (κ3) is 6.25. The fourth-order valence-corrected chi connectivity index (χ4v) is 5.99. The molecule has 3 N–H and O–H groups in total. The lowest BCUT2D eigenvalue weighted by atomic mass is 10.0. The number of fused-ring (bicyclic) bond motifs is 1. The Labute approximate surface area is 249 Å². The molecule has 3 aromatic heterocycles. The molecule has 42 heavy (non-hydrogen) atoms. The number of carbonyl (C=O) groups excluding carboxylic acids is 1. The standard InChI is InChI=1S/C30H37N7O4S/c1-30(2,39)23-8-7-9-24(32-23)33-26-25-20(28(38)41-6)17-42-27(25)35-29(34-26)31-18-10-11-21(22(16-18)40-5)37-14-12-19(13-15-37)36(3)4/h7-11,16-17,19,39H,12-15H2,1-6H3,(H2,31,32,33,34,35). The number of thiophene rings is 1. The molecule has 12 heteroatoms. The summed E-state index contributed by atoms with van der Waals surface area (Å²) < 4.78 is 10.8.